The minimum Gasteiger partial charge on any atom is -0.295 e. The third-order valence-electron chi connectivity index (χ3n) is 3.28. The molecule has 0 fully saturated rings. The van der Waals surface area contributed by atoms with Gasteiger partial charge in [-0.25, -0.2) is 10.1 Å². The second-order valence-corrected chi connectivity index (χ2v) is 5.46. The van der Waals surface area contributed by atoms with Crippen molar-refractivity contribution >= 4 is 11.6 Å². The highest BCUT2D eigenvalue weighted by Crippen LogP contribution is 2.13. The summed E-state index contributed by atoms with van der Waals surface area (Å²) in [4.78, 5) is 23.6. The van der Waals surface area contributed by atoms with E-state index in [1.54, 1.807) is 6.92 Å². The van der Waals surface area contributed by atoms with Gasteiger partial charge in [0.2, 0.25) is 5.91 Å². The minimum atomic E-state index is -0.276. The monoisotopic (exact) mass is 300 g/mol. The smallest absolute Gasteiger partial charge is 0.280 e. The van der Waals surface area contributed by atoms with Crippen molar-refractivity contribution in [3.8, 4) is 5.69 Å². The van der Waals surface area contributed by atoms with Gasteiger partial charge in [0.1, 0.15) is 0 Å². The maximum atomic E-state index is 12.6. The SMILES string of the molecule is CC(=O)N/N=C(\C)c1c(C)[nH]n(-c2cc(C)cc(C)c2)c1=O. The van der Waals surface area contributed by atoms with E-state index in [1.807, 2.05) is 32.9 Å². The molecule has 0 radical (unpaired) electrons. The number of hydrogen-bond acceptors (Lipinski definition) is 3. The number of benzene rings is 1. The number of aromatic nitrogens is 2. The van der Waals surface area contributed by atoms with Crippen molar-refractivity contribution in [3.05, 3.63) is 50.9 Å². The number of nitrogens with zero attached hydrogens (tertiary/aromatic N) is 2. The molecule has 2 rings (SSSR count). The highest BCUT2D eigenvalue weighted by molar-refractivity contribution is 5.99. The first-order valence-corrected chi connectivity index (χ1v) is 7.01. The number of carbonyl (C=O) groups is 1. The Morgan fingerprint density at radius 3 is 2.27 bits per heavy atom. The third-order valence-corrected chi connectivity index (χ3v) is 3.28. The van der Waals surface area contributed by atoms with Gasteiger partial charge in [-0.05, 0) is 51.0 Å². The van der Waals surface area contributed by atoms with Crippen molar-refractivity contribution in [3.63, 3.8) is 0 Å². The van der Waals surface area contributed by atoms with Crippen molar-refractivity contribution in [2.75, 3.05) is 0 Å². The molecule has 2 aromatic rings. The summed E-state index contributed by atoms with van der Waals surface area (Å²) in [7, 11) is 0. The van der Waals surface area contributed by atoms with Crippen LogP contribution in [-0.4, -0.2) is 21.4 Å². The lowest BCUT2D eigenvalue weighted by atomic mass is 10.1. The molecule has 0 spiro atoms. The molecule has 1 amide bonds. The lowest BCUT2D eigenvalue weighted by molar-refractivity contribution is -0.118. The van der Waals surface area contributed by atoms with Gasteiger partial charge >= 0.3 is 0 Å². The Bertz CT molecular complexity index is 792. The van der Waals surface area contributed by atoms with Crippen LogP contribution in [0.4, 0.5) is 0 Å². The van der Waals surface area contributed by atoms with Gasteiger partial charge in [-0.1, -0.05) is 6.07 Å². The Kier molecular flexibility index (Phi) is 4.30. The number of amides is 1. The molecule has 0 unspecified atom stereocenters. The van der Waals surface area contributed by atoms with Crippen molar-refractivity contribution < 1.29 is 4.79 Å². The fourth-order valence-corrected chi connectivity index (χ4v) is 2.45. The third kappa shape index (κ3) is 3.16. The van der Waals surface area contributed by atoms with E-state index in [2.05, 4.69) is 21.7 Å². The van der Waals surface area contributed by atoms with Crippen molar-refractivity contribution in [2.45, 2.75) is 34.6 Å². The van der Waals surface area contributed by atoms with E-state index in [9.17, 15) is 9.59 Å². The van der Waals surface area contributed by atoms with E-state index in [-0.39, 0.29) is 11.5 Å². The number of hydrazone groups is 1. The Hall–Kier alpha value is -2.63. The summed E-state index contributed by atoms with van der Waals surface area (Å²) >= 11 is 0. The van der Waals surface area contributed by atoms with Crippen LogP contribution in [-0.2, 0) is 4.79 Å². The topological polar surface area (TPSA) is 79.2 Å². The Balaban J connectivity index is 2.54. The molecule has 2 N–H and O–H groups in total. The standard InChI is InChI=1S/C16H20N4O2/c1-9-6-10(2)8-14(7-9)20-16(22)15(12(4)19-20)11(3)17-18-13(5)21/h6-8,19H,1-5H3,(H,18,21)/b17-11+. The average Bonchev–Trinajstić information content (AvgIpc) is 2.70. The van der Waals surface area contributed by atoms with Crippen LogP contribution < -0.4 is 11.0 Å². The van der Waals surface area contributed by atoms with Crippen molar-refractivity contribution in [2.24, 2.45) is 5.10 Å². The van der Waals surface area contributed by atoms with Gasteiger partial charge in [-0.3, -0.25) is 14.7 Å². The summed E-state index contributed by atoms with van der Waals surface area (Å²) in [6.07, 6.45) is 0. The van der Waals surface area contributed by atoms with Crippen LogP contribution in [0.1, 0.15) is 36.2 Å². The molecule has 22 heavy (non-hydrogen) atoms. The van der Waals surface area contributed by atoms with E-state index in [1.165, 1.54) is 11.6 Å². The number of H-pyrrole nitrogens is 1. The van der Waals surface area contributed by atoms with Gasteiger partial charge in [-0.2, -0.15) is 5.10 Å². The molecule has 1 aromatic heterocycles. The average molecular weight is 300 g/mol. The molecule has 1 heterocycles. The summed E-state index contributed by atoms with van der Waals surface area (Å²) < 4.78 is 1.50. The Morgan fingerprint density at radius 1 is 1.14 bits per heavy atom. The predicted octanol–water partition coefficient (Wildman–Crippen LogP) is 1.95. The van der Waals surface area contributed by atoms with E-state index < -0.39 is 0 Å². The van der Waals surface area contributed by atoms with E-state index in [4.69, 9.17) is 0 Å². The summed E-state index contributed by atoms with van der Waals surface area (Å²) in [6, 6.07) is 5.93. The molecule has 0 saturated carbocycles. The number of nitrogens with one attached hydrogen (secondary N) is 2. The van der Waals surface area contributed by atoms with Crippen LogP contribution in [0.3, 0.4) is 0 Å². The van der Waals surface area contributed by atoms with Crippen LogP contribution >= 0.6 is 0 Å². The summed E-state index contributed by atoms with van der Waals surface area (Å²) in [5.74, 6) is -0.276. The maximum absolute atomic E-state index is 12.6. The maximum Gasteiger partial charge on any atom is 0.280 e. The molecule has 116 valence electrons. The van der Waals surface area contributed by atoms with Crippen molar-refractivity contribution in [1.82, 2.24) is 15.2 Å². The van der Waals surface area contributed by atoms with Crippen LogP contribution in [0, 0.1) is 20.8 Å². The van der Waals surface area contributed by atoms with Crippen LogP contribution in [0.25, 0.3) is 5.69 Å². The molecule has 6 heteroatoms. The zero-order valence-electron chi connectivity index (χ0n) is 13.4. The molecule has 0 aliphatic rings. The molecule has 0 saturated heterocycles. The number of rotatable bonds is 3. The number of aromatic amines is 1. The minimum absolute atomic E-state index is 0.186. The highest BCUT2D eigenvalue weighted by atomic mass is 16.2. The molecule has 0 atom stereocenters. The van der Waals surface area contributed by atoms with Gasteiger partial charge in [-0.15, -0.1) is 0 Å². The molecule has 0 aliphatic heterocycles. The van der Waals surface area contributed by atoms with E-state index in [0.29, 0.717) is 17.0 Å². The fraction of sp³-hybridized carbons (Fsp3) is 0.312. The normalized spacial score (nSPS) is 11.6. The van der Waals surface area contributed by atoms with Gasteiger partial charge < -0.3 is 0 Å². The summed E-state index contributed by atoms with van der Waals surface area (Å²) in [5, 5.41) is 7.00. The molecule has 0 bridgehead atoms. The Labute approximate surface area is 128 Å². The quantitative estimate of drug-likeness (QED) is 0.671. The fourth-order valence-electron chi connectivity index (χ4n) is 2.45. The van der Waals surface area contributed by atoms with Gasteiger partial charge in [0.15, 0.2) is 0 Å². The van der Waals surface area contributed by atoms with Crippen LogP contribution in [0.5, 0.6) is 0 Å². The van der Waals surface area contributed by atoms with Gasteiger partial charge in [0.05, 0.1) is 17.0 Å². The summed E-state index contributed by atoms with van der Waals surface area (Å²) in [5.41, 5.74) is 6.75. The van der Waals surface area contributed by atoms with Crippen LogP contribution in [0.15, 0.2) is 28.1 Å². The second-order valence-electron chi connectivity index (χ2n) is 5.46. The molecule has 1 aromatic carbocycles. The van der Waals surface area contributed by atoms with Crippen LogP contribution in [0.2, 0.25) is 0 Å². The zero-order valence-corrected chi connectivity index (χ0v) is 13.4. The number of aryl methyl sites for hydroxylation is 3. The first-order chi connectivity index (χ1) is 10.3. The molecule has 0 aliphatic carbocycles. The molecular weight excluding hydrogens is 280 g/mol. The highest BCUT2D eigenvalue weighted by Gasteiger charge is 2.15. The van der Waals surface area contributed by atoms with E-state index >= 15 is 0 Å². The van der Waals surface area contributed by atoms with Gasteiger partial charge in [0.25, 0.3) is 5.56 Å². The second kappa shape index (κ2) is 6.01. The first kappa shape index (κ1) is 15.8. The largest absolute Gasteiger partial charge is 0.295 e. The predicted molar refractivity (Wildman–Crippen MR) is 86.6 cm³/mol. The Morgan fingerprint density at radius 2 is 1.73 bits per heavy atom. The van der Waals surface area contributed by atoms with Crippen molar-refractivity contribution in [1.29, 1.82) is 0 Å². The number of carbonyl (C=O) groups excluding carboxylic acids is 1. The zero-order chi connectivity index (χ0) is 16.4. The lowest BCUT2D eigenvalue weighted by Crippen LogP contribution is -2.22. The number of hydrogen-bond donors (Lipinski definition) is 2. The molecular formula is C16H20N4O2. The van der Waals surface area contributed by atoms with E-state index in [0.717, 1.165) is 16.8 Å². The lowest BCUT2D eigenvalue weighted by Gasteiger charge is -2.05. The first-order valence-electron chi connectivity index (χ1n) is 7.01. The molecule has 6 nitrogen and oxygen atoms in total. The van der Waals surface area contributed by atoms with Gasteiger partial charge in [0, 0.05) is 12.6 Å². The summed E-state index contributed by atoms with van der Waals surface area (Å²) in [6.45, 7) is 8.85.